The quantitative estimate of drug-likeness (QED) is 0.0957. The van der Waals surface area contributed by atoms with Crippen LogP contribution in [0.3, 0.4) is 0 Å². The lowest BCUT2D eigenvalue weighted by molar-refractivity contribution is -0.165. The van der Waals surface area contributed by atoms with E-state index >= 15 is 8.78 Å². The second-order valence-corrected chi connectivity index (χ2v) is 24.2. The summed E-state index contributed by atoms with van der Waals surface area (Å²) in [6.45, 7) is 16.3. The van der Waals surface area contributed by atoms with Gasteiger partial charge in [0.05, 0.1) is 31.8 Å². The van der Waals surface area contributed by atoms with Gasteiger partial charge < -0.3 is 9.64 Å². The van der Waals surface area contributed by atoms with Crippen LogP contribution in [0, 0.1) is 12.3 Å². The second kappa shape index (κ2) is 15.7. The van der Waals surface area contributed by atoms with E-state index in [-0.39, 0.29) is 23.7 Å². The number of terminal acetylenes is 1. The first-order chi connectivity index (χ1) is 28.2. The van der Waals surface area contributed by atoms with Crippen molar-refractivity contribution in [1.82, 2.24) is 35.5 Å². The summed E-state index contributed by atoms with van der Waals surface area (Å²) in [5, 5.41) is 8.06. The number of rotatable bonds is 10. The molecule has 1 amide bonds. The molecular weight excluding hydrogens is 761 g/mol. The van der Waals surface area contributed by atoms with Gasteiger partial charge in [0.25, 0.3) is 5.91 Å². The number of carbonyl (C=O) groups is 1. The zero-order valence-corrected chi connectivity index (χ0v) is 36.8. The normalized spacial score (nSPS) is 24.5. The highest BCUT2D eigenvalue weighted by molar-refractivity contribution is 6.95. The Morgan fingerprint density at radius 3 is 2.34 bits per heavy atom. The van der Waals surface area contributed by atoms with Gasteiger partial charge in [-0.3, -0.25) is 20.0 Å². The molecule has 9 nitrogen and oxygen atoms in total. The number of nitrogens with one attached hydrogen (secondary N) is 2. The molecule has 4 unspecified atom stereocenters. The number of aromatic nitrogens is 2. The van der Waals surface area contributed by atoms with Crippen LogP contribution in [0.15, 0.2) is 66.6 Å². The topological polar surface area (TPSA) is 85.9 Å². The largest absolute Gasteiger partial charge is 0.345 e. The Morgan fingerprint density at radius 2 is 1.68 bits per heavy atom. The summed E-state index contributed by atoms with van der Waals surface area (Å²) in [6.07, 6.45) is 9.95. The molecule has 312 valence electrons. The number of hydrogen-bond donors (Lipinski definition) is 2. The number of alkyl halides is 2. The lowest BCUT2D eigenvalue weighted by Crippen LogP contribution is -2.61. The predicted octanol–water partition coefficient (Wildman–Crippen LogP) is 7.73. The van der Waals surface area contributed by atoms with Crippen molar-refractivity contribution in [1.29, 1.82) is 0 Å². The molecule has 0 aliphatic carbocycles. The first kappa shape index (κ1) is 41.5. The molecule has 0 radical (unpaired) electrons. The van der Waals surface area contributed by atoms with Crippen molar-refractivity contribution in [3.05, 3.63) is 77.9 Å². The molecule has 0 bridgehead atoms. The third kappa shape index (κ3) is 6.50. The van der Waals surface area contributed by atoms with E-state index in [2.05, 4.69) is 92.4 Å². The minimum Gasteiger partial charge on any atom is -0.345 e. The van der Waals surface area contributed by atoms with Gasteiger partial charge in [0, 0.05) is 54.0 Å². The number of hydrogen-bond acceptors (Lipinski definition) is 8. The Hall–Kier alpha value is -4.25. The van der Waals surface area contributed by atoms with Crippen LogP contribution in [0.5, 0.6) is 0 Å². The van der Waals surface area contributed by atoms with Crippen molar-refractivity contribution >= 4 is 40.8 Å². The molecule has 12 heteroatoms. The van der Waals surface area contributed by atoms with E-state index < -0.39 is 32.3 Å². The predicted molar refractivity (Wildman–Crippen MR) is 235 cm³/mol. The van der Waals surface area contributed by atoms with Gasteiger partial charge in [0.1, 0.15) is 6.33 Å². The Balaban J connectivity index is 1.23. The number of likely N-dealkylation sites (N-methyl/N-ethyl adjacent to an activating group) is 1. The number of fused-ring (bicyclic) bond motifs is 4. The van der Waals surface area contributed by atoms with Crippen molar-refractivity contribution in [2.45, 2.75) is 114 Å². The molecule has 2 N–H and O–H groups in total. The Labute approximate surface area is 348 Å². The van der Waals surface area contributed by atoms with Gasteiger partial charge in [-0.15, -0.1) is 6.42 Å². The van der Waals surface area contributed by atoms with Crippen LogP contribution in [-0.4, -0.2) is 103 Å². The fourth-order valence-corrected chi connectivity index (χ4v) is 18.7. The Kier molecular flexibility index (Phi) is 11.0. The Morgan fingerprint density at radius 1 is 1.00 bits per heavy atom. The number of ether oxygens (including phenoxy) is 1. The average Bonchev–Trinajstić information content (AvgIpc) is 3.90. The first-order valence-electron chi connectivity index (χ1n) is 21.4. The smallest absolute Gasteiger partial charge is 0.275 e. The lowest BCUT2D eigenvalue weighted by Gasteiger charge is -2.44. The lowest BCUT2D eigenvalue weighted by atomic mass is 9.90. The van der Waals surface area contributed by atoms with Crippen molar-refractivity contribution in [3.63, 3.8) is 0 Å². The van der Waals surface area contributed by atoms with Crippen molar-refractivity contribution in [2.24, 2.45) is 0 Å². The van der Waals surface area contributed by atoms with E-state index in [4.69, 9.17) is 16.1 Å². The van der Waals surface area contributed by atoms with E-state index in [1.54, 1.807) is 20.2 Å². The summed E-state index contributed by atoms with van der Waals surface area (Å²) in [5.41, 5.74) is 6.27. The van der Waals surface area contributed by atoms with Crippen LogP contribution in [-0.2, 0) is 9.53 Å². The van der Waals surface area contributed by atoms with Gasteiger partial charge in [0.15, 0.2) is 12.6 Å². The molecule has 3 aromatic carbocycles. The molecule has 4 aromatic rings. The van der Waals surface area contributed by atoms with Crippen molar-refractivity contribution in [2.75, 3.05) is 40.3 Å². The summed E-state index contributed by atoms with van der Waals surface area (Å²) < 4.78 is 40.7. The minimum absolute atomic E-state index is 0.0278. The minimum atomic E-state index is -2.28. The van der Waals surface area contributed by atoms with Gasteiger partial charge in [-0.05, 0) is 77.4 Å². The summed E-state index contributed by atoms with van der Waals surface area (Å²) in [5.74, 6) is 1.40. The van der Waals surface area contributed by atoms with E-state index in [1.165, 1.54) is 21.4 Å². The highest BCUT2D eigenvalue weighted by Crippen LogP contribution is 2.46. The zero-order chi connectivity index (χ0) is 42.0. The van der Waals surface area contributed by atoms with Crippen LogP contribution in [0.4, 0.5) is 8.78 Å². The molecule has 8 rings (SSSR count). The van der Waals surface area contributed by atoms with Gasteiger partial charge in [-0.1, -0.05) is 96.0 Å². The monoisotopic (exact) mass is 819 g/mol. The fourth-order valence-electron chi connectivity index (χ4n) is 11.8. The van der Waals surface area contributed by atoms with E-state index in [0.717, 1.165) is 66.2 Å². The first-order valence-corrected chi connectivity index (χ1v) is 23.6. The van der Waals surface area contributed by atoms with Gasteiger partial charge in [-0.25, -0.2) is 18.7 Å². The second-order valence-electron chi connectivity index (χ2n) is 18.3. The van der Waals surface area contributed by atoms with E-state index in [1.807, 2.05) is 24.3 Å². The Bertz CT molecular complexity index is 2310. The number of nitrogens with zero attached hydrogens (tertiary/aromatic N) is 5. The average molecular weight is 820 g/mol. The third-order valence-electron chi connectivity index (χ3n) is 14.2. The van der Waals surface area contributed by atoms with Gasteiger partial charge in [-0.2, -0.15) is 5.43 Å². The summed E-state index contributed by atoms with van der Waals surface area (Å²) >= 11 is 0. The zero-order valence-electron chi connectivity index (χ0n) is 35.8. The number of carbonyl (C=O) groups excluding carboxylic acids is 1. The summed E-state index contributed by atoms with van der Waals surface area (Å²) in [6, 6.07) is 16.4. The maximum Gasteiger partial charge on any atom is 0.275 e. The number of halogens is 2. The SMILES string of the molecule is C#Cc1c([Si](C(C)C)(C(C)C)C(C)C)cc2ccccc2c1-c1cccc2c(C3C(F)NCC4=CC(OCC56CCCN5CCC6)(C(=O)N(C)C)NN4C3F)ncnc12. The van der Waals surface area contributed by atoms with Gasteiger partial charge in [0.2, 0.25) is 5.72 Å². The molecule has 5 heterocycles. The van der Waals surface area contributed by atoms with E-state index in [9.17, 15) is 4.79 Å². The van der Waals surface area contributed by atoms with Crippen LogP contribution >= 0.6 is 0 Å². The van der Waals surface area contributed by atoms with Crippen molar-refractivity contribution < 1.29 is 18.3 Å². The highest BCUT2D eigenvalue weighted by Gasteiger charge is 2.54. The molecule has 3 saturated heterocycles. The number of benzene rings is 3. The summed E-state index contributed by atoms with van der Waals surface area (Å²) in [7, 11) is 1.03. The molecule has 1 aromatic heterocycles. The standard InChI is InChI=1S/C47H59F2N7O2Si/c1-10-34-38(59(29(2)3,30(4)5)31(6)7)24-32-16-11-12-17-35(32)39(34)36-18-13-19-37-41(36)51-28-52-42(37)40-43(48)50-26-33-25-47(45(57)54(8)9,53-56(33)44(40)49)58-27-46-20-14-22-55(46)23-15-21-46/h1,11-13,16-19,24-25,28-31,40,43-44,50,53H,14-15,20-23,26-27H2,2-9H3. The maximum absolute atomic E-state index is 17.5. The molecule has 3 fully saturated rings. The van der Waals surface area contributed by atoms with Crippen LogP contribution in [0.25, 0.3) is 32.8 Å². The number of para-hydroxylation sites is 1. The van der Waals surface area contributed by atoms with Crippen molar-refractivity contribution in [3.8, 4) is 23.5 Å². The maximum atomic E-state index is 17.5. The van der Waals surface area contributed by atoms with Crippen LogP contribution < -0.4 is 15.9 Å². The molecular formula is C47H59F2N7O2Si. The number of hydrazine groups is 1. The third-order valence-corrected chi connectivity index (χ3v) is 21.3. The highest BCUT2D eigenvalue weighted by atomic mass is 28.3. The molecule has 4 aliphatic rings. The molecule has 4 atom stereocenters. The number of amides is 1. The fraction of sp³-hybridized carbons (Fsp3) is 0.511. The van der Waals surface area contributed by atoms with Gasteiger partial charge >= 0.3 is 0 Å². The molecule has 59 heavy (non-hydrogen) atoms. The van der Waals surface area contributed by atoms with E-state index in [0.29, 0.717) is 39.8 Å². The summed E-state index contributed by atoms with van der Waals surface area (Å²) in [4.78, 5) is 27.4. The van der Waals surface area contributed by atoms with Crippen LogP contribution in [0.2, 0.25) is 16.6 Å². The van der Waals surface area contributed by atoms with Crippen LogP contribution in [0.1, 0.15) is 84.4 Å². The molecule has 0 spiro atoms. The molecule has 4 aliphatic heterocycles. The molecule has 0 saturated carbocycles.